The van der Waals surface area contributed by atoms with Crippen molar-refractivity contribution < 1.29 is 19.1 Å². The van der Waals surface area contributed by atoms with Gasteiger partial charge in [0.2, 0.25) is 11.8 Å². The van der Waals surface area contributed by atoms with Gasteiger partial charge in [-0.15, -0.1) is 11.3 Å². The predicted molar refractivity (Wildman–Crippen MR) is 127 cm³/mol. The summed E-state index contributed by atoms with van der Waals surface area (Å²) in [6.07, 6.45) is 2.61. The molecule has 2 fully saturated rings. The van der Waals surface area contributed by atoms with Crippen LogP contribution in [0.25, 0.3) is 0 Å². The highest BCUT2D eigenvalue weighted by Crippen LogP contribution is 2.24. The fraction of sp³-hybridized carbons (Fsp3) is 0.480. The third-order valence-corrected chi connectivity index (χ3v) is 7.32. The number of ether oxygens (including phenoxy) is 1. The SMILES string of the molecule is O=C(NC(C(=O)N1CCOCC1)C1CCN(C(=O)CCc2ccccc2)CC1)c1cccs1. The van der Waals surface area contributed by atoms with Crippen molar-refractivity contribution >= 4 is 29.1 Å². The molecule has 1 atom stereocenters. The van der Waals surface area contributed by atoms with E-state index in [-0.39, 0.29) is 23.6 Å². The van der Waals surface area contributed by atoms with Gasteiger partial charge in [-0.2, -0.15) is 0 Å². The van der Waals surface area contributed by atoms with Crippen molar-refractivity contribution in [2.45, 2.75) is 31.7 Å². The van der Waals surface area contributed by atoms with Gasteiger partial charge in [-0.25, -0.2) is 0 Å². The second kappa shape index (κ2) is 11.4. The Labute approximate surface area is 198 Å². The first kappa shape index (κ1) is 23.4. The lowest BCUT2D eigenvalue weighted by Gasteiger charge is -2.38. The van der Waals surface area contributed by atoms with Gasteiger partial charge in [0.25, 0.3) is 5.91 Å². The molecule has 0 radical (unpaired) electrons. The summed E-state index contributed by atoms with van der Waals surface area (Å²) >= 11 is 1.37. The van der Waals surface area contributed by atoms with Gasteiger partial charge in [0, 0.05) is 32.6 Å². The first-order valence-electron chi connectivity index (χ1n) is 11.6. The molecule has 1 aromatic carbocycles. The van der Waals surface area contributed by atoms with Crippen molar-refractivity contribution in [1.82, 2.24) is 15.1 Å². The van der Waals surface area contributed by atoms with E-state index in [0.717, 1.165) is 12.0 Å². The normalized spacial score (nSPS) is 18.1. The molecule has 3 amide bonds. The van der Waals surface area contributed by atoms with E-state index < -0.39 is 6.04 Å². The molecule has 0 bridgehead atoms. The van der Waals surface area contributed by atoms with Crippen LogP contribution in [0.15, 0.2) is 47.8 Å². The molecule has 7 nitrogen and oxygen atoms in total. The molecule has 33 heavy (non-hydrogen) atoms. The van der Waals surface area contributed by atoms with E-state index in [2.05, 4.69) is 5.32 Å². The summed E-state index contributed by atoms with van der Waals surface area (Å²) in [6, 6.07) is 13.0. The molecule has 0 aliphatic carbocycles. The second-order valence-electron chi connectivity index (χ2n) is 8.57. The largest absolute Gasteiger partial charge is 0.378 e. The van der Waals surface area contributed by atoms with E-state index in [4.69, 9.17) is 4.74 Å². The predicted octanol–water partition coefficient (Wildman–Crippen LogP) is 2.58. The first-order valence-corrected chi connectivity index (χ1v) is 12.5. The average Bonchev–Trinajstić information content (AvgIpc) is 3.42. The smallest absolute Gasteiger partial charge is 0.262 e. The number of morpholine rings is 1. The summed E-state index contributed by atoms with van der Waals surface area (Å²) < 4.78 is 5.39. The Morgan fingerprint density at radius 1 is 0.970 bits per heavy atom. The van der Waals surface area contributed by atoms with Gasteiger partial charge in [0.1, 0.15) is 6.04 Å². The van der Waals surface area contributed by atoms with Crippen LogP contribution >= 0.6 is 11.3 Å². The van der Waals surface area contributed by atoms with Crippen LogP contribution in [0.1, 0.15) is 34.5 Å². The van der Waals surface area contributed by atoms with Gasteiger partial charge in [0.05, 0.1) is 18.1 Å². The van der Waals surface area contributed by atoms with Gasteiger partial charge < -0.3 is 19.9 Å². The molecule has 0 saturated carbocycles. The zero-order valence-corrected chi connectivity index (χ0v) is 19.6. The summed E-state index contributed by atoms with van der Waals surface area (Å²) in [5.74, 6) is -0.103. The highest BCUT2D eigenvalue weighted by molar-refractivity contribution is 7.12. The summed E-state index contributed by atoms with van der Waals surface area (Å²) in [6.45, 7) is 3.35. The van der Waals surface area contributed by atoms with E-state index in [1.165, 1.54) is 11.3 Å². The topological polar surface area (TPSA) is 79.0 Å². The van der Waals surface area contributed by atoms with Crippen LogP contribution in [0, 0.1) is 5.92 Å². The fourth-order valence-electron chi connectivity index (χ4n) is 4.52. The van der Waals surface area contributed by atoms with Crippen LogP contribution in [0.3, 0.4) is 0 Å². The van der Waals surface area contributed by atoms with Crippen LogP contribution in [0.4, 0.5) is 0 Å². The number of nitrogens with zero attached hydrogens (tertiary/aromatic N) is 2. The molecule has 1 unspecified atom stereocenters. The van der Waals surface area contributed by atoms with Crippen molar-refractivity contribution in [3.8, 4) is 0 Å². The maximum atomic E-state index is 13.4. The van der Waals surface area contributed by atoms with Gasteiger partial charge in [0.15, 0.2) is 0 Å². The Hall–Kier alpha value is -2.71. The Morgan fingerprint density at radius 3 is 2.36 bits per heavy atom. The van der Waals surface area contributed by atoms with Crippen molar-refractivity contribution in [3.05, 3.63) is 58.3 Å². The number of carbonyl (C=O) groups is 3. The minimum absolute atomic E-state index is 0.00225. The molecule has 1 aromatic heterocycles. The number of carbonyl (C=O) groups excluding carboxylic acids is 3. The van der Waals surface area contributed by atoms with Gasteiger partial charge in [-0.05, 0) is 42.2 Å². The third-order valence-electron chi connectivity index (χ3n) is 6.45. The number of thiophene rings is 1. The number of hydrogen-bond donors (Lipinski definition) is 1. The number of likely N-dealkylation sites (tertiary alicyclic amines) is 1. The van der Waals surface area contributed by atoms with Crippen LogP contribution in [-0.4, -0.2) is 73.0 Å². The molecule has 8 heteroatoms. The molecule has 176 valence electrons. The Kier molecular flexibility index (Phi) is 8.12. The Balaban J connectivity index is 1.36. The minimum atomic E-state index is -0.584. The van der Waals surface area contributed by atoms with Gasteiger partial charge in [-0.1, -0.05) is 36.4 Å². The molecular weight excluding hydrogens is 438 g/mol. The second-order valence-corrected chi connectivity index (χ2v) is 9.52. The van der Waals surface area contributed by atoms with Crippen molar-refractivity contribution in [2.75, 3.05) is 39.4 Å². The molecule has 3 heterocycles. The highest BCUT2D eigenvalue weighted by atomic mass is 32.1. The molecular formula is C25H31N3O4S. The van der Waals surface area contributed by atoms with Crippen LogP contribution < -0.4 is 5.32 Å². The first-order chi connectivity index (χ1) is 16.1. The van der Waals surface area contributed by atoms with E-state index in [1.54, 1.807) is 11.0 Å². The van der Waals surface area contributed by atoms with E-state index in [1.807, 2.05) is 46.7 Å². The molecule has 2 aliphatic rings. The number of nitrogens with one attached hydrogen (secondary N) is 1. The zero-order chi connectivity index (χ0) is 23.0. The molecule has 2 aromatic rings. The molecule has 2 saturated heterocycles. The Morgan fingerprint density at radius 2 is 1.70 bits per heavy atom. The lowest BCUT2D eigenvalue weighted by molar-refractivity contribution is -0.139. The zero-order valence-electron chi connectivity index (χ0n) is 18.8. The summed E-state index contributed by atoms with van der Waals surface area (Å²) in [5.41, 5.74) is 1.16. The number of hydrogen-bond acceptors (Lipinski definition) is 5. The summed E-state index contributed by atoms with van der Waals surface area (Å²) in [7, 11) is 0. The highest BCUT2D eigenvalue weighted by Gasteiger charge is 2.36. The molecule has 1 N–H and O–H groups in total. The molecule has 4 rings (SSSR count). The average molecular weight is 470 g/mol. The molecule has 0 spiro atoms. The van der Waals surface area contributed by atoms with Crippen molar-refractivity contribution in [1.29, 1.82) is 0 Å². The molecule has 2 aliphatic heterocycles. The van der Waals surface area contributed by atoms with Crippen LogP contribution in [0.2, 0.25) is 0 Å². The number of rotatable bonds is 7. The Bertz CT molecular complexity index is 920. The van der Waals surface area contributed by atoms with Crippen LogP contribution in [0.5, 0.6) is 0 Å². The van der Waals surface area contributed by atoms with E-state index >= 15 is 0 Å². The maximum Gasteiger partial charge on any atom is 0.262 e. The fourth-order valence-corrected chi connectivity index (χ4v) is 5.14. The van der Waals surface area contributed by atoms with Crippen molar-refractivity contribution in [2.24, 2.45) is 5.92 Å². The monoisotopic (exact) mass is 469 g/mol. The van der Waals surface area contributed by atoms with Crippen LogP contribution in [-0.2, 0) is 20.7 Å². The summed E-state index contributed by atoms with van der Waals surface area (Å²) in [4.78, 5) is 43.2. The van der Waals surface area contributed by atoms with E-state index in [9.17, 15) is 14.4 Å². The van der Waals surface area contributed by atoms with E-state index in [0.29, 0.717) is 63.5 Å². The minimum Gasteiger partial charge on any atom is -0.378 e. The lowest BCUT2D eigenvalue weighted by atomic mass is 9.88. The summed E-state index contributed by atoms with van der Waals surface area (Å²) in [5, 5.41) is 4.87. The number of amides is 3. The number of benzene rings is 1. The lowest BCUT2D eigenvalue weighted by Crippen LogP contribution is -2.56. The third kappa shape index (κ3) is 6.21. The quantitative estimate of drug-likeness (QED) is 0.676. The number of piperidine rings is 1. The standard InChI is InChI=1S/C25H31N3O4S/c29-22(9-8-19-5-2-1-3-6-19)27-12-10-20(11-13-27)23(25(31)28-14-16-32-17-15-28)26-24(30)21-7-4-18-33-21/h1-7,18,20,23H,8-17H2,(H,26,30). The number of aryl methyl sites for hydroxylation is 1. The van der Waals surface area contributed by atoms with Gasteiger partial charge >= 0.3 is 0 Å². The maximum absolute atomic E-state index is 13.4. The van der Waals surface area contributed by atoms with Gasteiger partial charge in [-0.3, -0.25) is 14.4 Å². The van der Waals surface area contributed by atoms with Crippen molar-refractivity contribution in [3.63, 3.8) is 0 Å².